The summed E-state index contributed by atoms with van der Waals surface area (Å²) >= 11 is 0. The molecule has 1 saturated carbocycles. The molecule has 2 aliphatic rings. The zero-order chi connectivity index (χ0) is 9.38. The Bertz CT molecular complexity index is 329. The van der Waals surface area contributed by atoms with E-state index >= 15 is 0 Å². The molecule has 0 amide bonds. The van der Waals surface area contributed by atoms with Crippen molar-refractivity contribution in [1.29, 1.82) is 0 Å². The maximum atomic E-state index is 5.92. The molecule has 0 bridgehead atoms. The van der Waals surface area contributed by atoms with E-state index in [1.54, 1.807) is 0 Å². The Morgan fingerprint density at radius 2 is 1.93 bits per heavy atom. The van der Waals surface area contributed by atoms with E-state index in [9.17, 15) is 0 Å². The van der Waals surface area contributed by atoms with Gasteiger partial charge in [-0.1, -0.05) is 18.2 Å². The second kappa shape index (κ2) is 3.28. The van der Waals surface area contributed by atoms with Crippen molar-refractivity contribution < 1.29 is 4.74 Å². The fourth-order valence-electron chi connectivity index (χ4n) is 1.84. The molecule has 1 aliphatic heterocycles. The molecule has 74 valence electrons. The SMILES string of the molecule is c1ccc(C2CC2)c(OC2CNC2)c1. The zero-order valence-electron chi connectivity index (χ0n) is 8.20. The Balaban J connectivity index is 1.79. The molecule has 1 aliphatic carbocycles. The summed E-state index contributed by atoms with van der Waals surface area (Å²) in [6.07, 6.45) is 3.07. The Morgan fingerprint density at radius 3 is 2.57 bits per heavy atom. The van der Waals surface area contributed by atoms with E-state index in [2.05, 4.69) is 29.6 Å². The summed E-state index contributed by atoms with van der Waals surface area (Å²) in [6.45, 7) is 2.00. The molecule has 1 heterocycles. The van der Waals surface area contributed by atoms with Gasteiger partial charge >= 0.3 is 0 Å². The van der Waals surface area contributed by atoms with Crippen molar-refractivity contribution in [3.8, 4) is 5.75 Å². The Hall–Kier alpha value is -1.02. The van der Waals surface area contributed by atoms with Gasteiger partial charge in [-0.05, 0) is 30.4 Å². The van der Waals surface area contributed by atoms with Gasteiger partial charge in [0.2, 0.25) is 0 Å². The van der Waals surface area contributed by atoms with Crippen molar-refractivity contribution >= 4 is 0 Å². The number of hydrogen-bond donors (Lipinski definition) is 1. The Kier molecular flexibility index (Phi) is 1.95. The lowest BCUT2D eigenvalue weighted by Gasteiger charge is -2.28. The molecule has 1 aromatic carbocycles. The summed E-state index contributed by atoms with van der Waals surface area (Å²) in [5.74, 6) is 1.89. The van der Waals surface area contributed by atoms with Crippen molar-refractivity contribution in [3.63, 3.8) is 0 Å². The number of ether oxygens (including phenoxy) is 1. The lowest BCUT2D eigenvalue weighted by Crippen LogP contribution is -2.50. The maximum absolute atomic E-state index is 5.92. The molecule has 1 aromatic rings. The first-order valence-electron chi connectivity index (χ1n) is 5.40. The van der Waals surface area contributed by atoms with Crippen molar-refractivity contribution in [2.24, 2.45) is 0 Å². The van der Waals surface area contributed by atoms with Gasteiger partial charge < -0.3 is 10.1 Å². The summed E-state index contributed by atoms with van der Waals surface area (Å²) in [4.78, 5) is 0. The average Bonchev–Trinajstić information content (AvgIpc) is 2.95. The molecular weight excluding hydrogens is 174 g/mol. The van der Waals surface area contributed by atoms with Crippen molar-refractivity contribution in [3.05, 3.63) is 29.8 Å². The van der Waals surface area contributed by atoms with Crippen LogP contribution >= 0.6 is 0 Å². The van der Waals surface area contributed by atoms with Crippen LogP contribution in [0, 0.1) is 0 Å². The van der Waals surface area contributed by atoms with Gasteiger partial charge in [-0.2, -0.15) is 0 Å². The number of rotatable bonds is 3. The third-order valence-electron chi connectivity index (χ3n) is 2.97. The molecule has 2 nitrogen and oxygen atoms in total. The minimum Gasteiger partial charge on any atom is -0.487 e. The van der Waals surface area contributed by atoms with Gasteiger partial charge in [-0.15, -0.1) is 0 Å². The maximum Gasteiger partial charge on any atom is 0.123 e. The molecule has 0 radical (unpaired) electrons. The Labute approximate surface area is 84.3 Å². The molecular formula is C12H15NO. The number of para-hydroxylation sites is 1. The van der Waals surface area contributed by atoms with Crippen LogP contribution < -0.4 is 10.1 Å². The molecule has 2 heteroatoms. The van der Waals surface area contributed by atoms with Crippen molar-refractivity contribution in [2.75, 3.05) is 13.1 Å². The lowest BCUT2D eigenvalue weighted by atomic mass is 10.1. The van der Waals surface area contributed by atoms with Gasteiger partial charge in [0.25, 0.3) is 0 Å². The highest BCUT2D eigenvalue weighted by Gasteiger charge is 2.28. The summed E-state index contributed by atoms with van der Waals surface area (Å²) in [7, 11) is 0. The molecule has 14 heavy (non-hydrogen) atoms. The van der Waals surface area contributed by atoms with Gasteiger partial charge in [0.05, 0.1) is 0 Å². The highest BCUT2D eigenvalue weighted by atomic mass is 16.5. The van der Waals surface area contributed by atoms with Crippen molar-refractivity contribution in [2.45, 2.75) is 24.9 Å². The molecule has 3 rings (SSSR count). The quantitative estimate of drug-likeness (QED) is 0.784. The van der Waals surface area contributed by atoms with Gasteiger partial charge in [0.15, 0.2) is 0 Å². The summed E-state index contributed by atoms with van der Waals surface area (Å²) in [5, 5.41) is 3.22. The molecule has 0 atom stereocenters. The standard InChI is InChI=1S/C12H15NO/c1-2-4-12(14-10-7-13-8-10)11(3-1)9-5-6-9/h1-4,9-10,13H,5-8H2. The first-order valence-corrected chi connectivity index (χ1v) is 5.40. The third kappa shape index (κ3) is 1.50. The fourth-order valence-corrected chi connectivity index (χ4v) is 1.84. The van der Waals surface area contributed by atoms with E-state index in [0.717, 1.165) is 24.8 Å². The van der Waals surface area contributed by atoms with Crippen LogP contribution in [0.2, 0.25) is 0 Å². The summed E-state index contributed by atoms with van der Waals surface area (Å²) in [6, 6.07) is 8.48. The molecule has 0 unspecified atom stereocenters. The van der Waals surface area contributed by atoms with Gasteiger partial charge in [-0.25, -0.2) is 0 Å². The summed E-state index contributed by atoms with van der Waals surface area (Å²) < 4.78 is 5.92. The first kappa shape index (κ1) is 8.30. The minimum absolute atomic E-state index is 0.398. The largest absolute Gasteiger partial charge is 0.487 e. The first-order chi connectivity index (χ1) is 6.93. The molecule has 1 saturated heterocycles. The summed E-state index contributed by atoms with van der Waals surface area (Å²) in [5.41, 5.74) is 1.42. The monoisotopic (exact) mass is 189 g/mol. The van der Waals surface area contributed by atoms with E-state index in [-0.39, 0.29) is 0 Å². The van der Waals surface area contributed by atoms with Crippen molar-refractivity contribution in [1.82, 2.24) is 5.32 Å². The highest BCUT2D eigenvalue weighted by molar-refractivity contribution is 5.38. The van der Waals surface area contributed by atoms with Crippen LogP contribution in [0.5, 0.6) is 5.75 Å². The molecule has 0 spiro atoms. The van der Waals surface area contributed by atoms with E-state index in [4.69, 9.17) is 4.74 Å². The second-order valence-corrected chi connectivity index (χ2v) is 4.21. The van der Waals surface area contributed by atoms with Gasteiger partial charge in [0, 0.05) is 13.1 Å². The molecule has 2 fully saturated rings. The molecule has 0 aromatic heterocycles. The Morgan fingerprint density at radius 1 is 1.14 bits per heavy atom. The lowest BCUT2D eigenvalue weighted by molar-refractivity contribution is 0.141. The number of nitrogens with one attached hydrogen (secondary N) is 1. The van der Waals surface area contributed by atoms with Crippen LogP contribution in [0.4, 0.5) is 0 Å². The third-order valence-corrected chi connectivity index (χ3v) is 2.97. The van der Waals surface area contributed by atoms with Crippen LogP contribution in [0.15, 0.2) is 24.3 Å². The molecule has 1 N–H and O–H groups in total. The highest BCUT2D eigenvalue weighted by Crippen LogP contribution is 2.44. The number of hydrogen-bond acceptors (Lipinski definition) is 2. The smallest absolute Gasteiger partial charge is 0.123 e. The van der Waals surface area contributed by atoms with E-state index in [0.29, 0.717) is 6.10 Å². The van der Waals surface area contributed by atoms with Gasteiger partial charge in [0.1, 0.15) is 11.9 Å². The topological polar surface area (TPSA) is 21.3 Å². The van der Waals surface area contributed by atoms with Crippen LogP contribution in [-0.4, -0.2) is 19.2 Å². The number of benzene rings is 1. The van der Waals surface area contributed by atoms with E-state index < -0.39 is 0 Å². The van der Waals surface area contributed by atoms with E-state index in [1.165, 1.54) is 18.4 Å². The average molecular weight is 189 g/mol. The van der Waals surface area contributed by atoms with Crippen LogP contribution in [0.1, 0.15) is 24.3 Å². The van der Waals surface area contributed by atoms with Gasteiger partial charge in [-0.3, -0.25) is 0 Å². The minimum atomic E-state index is 0.398. The van der Waals surface area contributed by atoms with Crippen LogP contribution in [0.25, 0.3) is 0 Å². The van der Waals surface area contributed by atoms with E-state index in [1.807, 2.05) is 0 Å². The second-order valence-electron chi connectivity index (χ2n) is 4.21. The van der Waals surface area contributed by atoms with Crippen LogP contribution in [0.3, 0.4) is 0 Å². The van der Waals surface area contributed by atoms with Crippen LogP contribution in [-0.2, 0) is 0 Å². The normalized spacial score (nSPS) is 21.7. The predicted molar refractivity (Wildman–Crippen MR) is 55.7 cm³/mol. The zero-order valence-corrected chi connectivity index (χ0v) is 8.20. The fraction of sp³-hybridized carbons (Fsp3) is 0.500. The predicted octanol–water partition coefficient (Wildman–Crippen LogP) is 1.91.